The molecule has 0 radical (unpaired) electrons. The summed E-state index contributed by atoms with van der Waals surface area (Å²) in [5.74, 6) is 1.64. The van der Waals surface area contributed by atoms with Gasteiger partial charge < -0.3 is 0 Å². The first-order valence-corrected chi connectivity index (χ1v) is 18.4. The van der Waals surface area contributed by atoms with Gasteiger partial charge in [0.25, 0.3) is 0 Å². The zero-order valence-electron chi connectivity index (χ0n) is 29.9. The lowest BCUT2D eigenvalue weighted by Gasteiger charge is -2.14. The van der Waals surface area contributed by atoms with Gasteiger partial charge >= 0.3 is 0 Å². The van der Waals surface area contributed by atoms with E-state index in [2.05, 4.69) is 150 Å². The number of para-hydroxylation sites is 2. The van der Waals surface area contributed by atoms with Gasteiger partial charge in [0.15, 0.2) is 0 Å². The minimum absolute atomic E-state index is 0.819. The van der Waals surface area contributed by atoms with Crippen LogP contribution in [-0.2, 0) is 0 Å². The first-order valence-electron chi connectivity index (χ1n) is 18.4. The number of aromatic nitrogens is 8. The van der Waals surface area contributed by atoms with E-state index in [1.807, 2.05) is 49.3 Å². The molecule has 11 rings (SSSR count). The first kappa shape index (κ1) is 31.7. The number of hydrogen-bond donors (Lipinski definition) is 0. The van der Waals surface area contributed by atoms with Gasteiger partial charge in [-0.25, -0.2) is 9.97 Å². The van der Waals surface area contributed by atoms with E-state index in [1.54, 1.807) is 12.4 Å². The summed E-state index contributed by atoms with van der Waals surface area (Å²) in [5, 5.41) is 4.43. The molecular weight excluding hydrogens is 689 g/mol. The number of rotatable bonds is 6. The van der Waals surface area contributed by atoms with Crippen molar-refractivity contribution in [1.29, 1.82) is 0 Å². The van der Waals surface area contributed by atoms with Crippen molar-refractivity contribution in [1.82, 2.24) is 39.0 Å². The Kier molecular flexibility index (Phi) is 7.31. The summed E-state index contributed by atoms with van der Waals surface area (Å²) < 4.78 is 4.45. The molecule has 0 aliphatic rings. The SMILES string of the molecule is c1cncc(-c2cc(-c3ccc(-c4cc(-c5cccnc5)cc(-n5c6ccccc6c6cnccc65)n4)cc3)nc(-n3c4ccccc4c4cnccc43)c2)c1. The van der Waals surface area contributed by atoms with Crippen molar-refractivity contribution < 1.29 is 0 Å². The van der Waals surface area contributed by atoms with Crippen LogP contribution in [0.1, 0.15) is 0 Å². The lowest BCUT2D eigenvalue weighted by Crippen LogP contribution is -2.01. The zero-order chi connectivity index (χ0) is 37.0. The standard InChI is InChI=1S/C48H30N8/c1-3-11-43-37(9-1)39-29-51-21-17-45(39)55(43)47-25-35(33-7-5-19-49-27-33)23-41(53-47)31-13-15-32(16-14-31)42-24-36(34-8-6-20-50-28-34)26-48(54-42)56-44-12-4-2-10-38(44)40-30-52-22-18-46(40)56/h1-30H. The summed E-state index contributed by atoms with van der Waals surface area (Å²) >= 11 is 0. The number of fused-ring (bicyclic) bond motifs is 6. The minimum atomic E-state index is 0.819. The Morgan fingerprint density at radius 3 is 1.18 bits per heavy atom. The maximum absolute atomic E-state index is 5.32. The third-order valence-electron chi connectivity index (χ3n) is 10.5. The second-order valence-electron chi connectivity index (χ2n) is 13.8. The van der Waals surface area contributed by atoms with Gasteiger partial charge in [0, 0.05) is 93.4 Å². The predicted octanol–water partition coefficient (Wildman–Crippen LogP) is 10.9. The predicted molar refractivity (Wildman–Crippen MR) is 224 cm³/mol. The van der Waals surface area contributed by atoms with Crippen molar-refractivity contribution >= 4 is 43.6 Å². The molecule has 8 heteroatoms. The third-order valence-corrected chi connectivity index (χ3v) is 10.5. The van der Waals surface area contributed by atoms with E-state index in [-0.39, 0.29) is 0 Å². The molecule has 0 saturated carbocycles. The summed E-state index contributed by atoms with van der Waals surface area (Å²) in [6, 6.07) is 46.1. The van der Waals surface area contributed by atoms with Crippen LogP contribution >= 0.6 is 0 Å². The molecule has 0 amide bonds. The van der Waals surface area contributed by atoms with E-state index >= 15 is 0 Å². The molecule has 262 valence electrons. The van der Waals surface area contributed by atoms with Gasteiger partial charge in [0.1, 0.15) is 11.6 Å². The molecule has 0 saturated heterocycles. The largest absolute Gasteiger partial charge is 0.294 e. The van der Waals surface area contributed by atoms with Gasteiger partial charge in [-0.1, -0.05) is 72.8 Å². The molecule has 8 nitrogen and oxygen atoms in total. The Balaban J connectivity index is 1.07. The minimum Gasteiger partial charge on any atom is -0.294 e. The normalized spacial score (nSPS) is 11.6. The molecule has 0 spiro atoms. The van der Waals surface area contributed by atoms with Gasteiger partial charge in [-0.3, -0.25) is 29.1 Å². The van der Waals surface area contributed by atoms with E-state index in [9.17, 15) is 0 Å². The van der Waals surface area contributed by atoms with Crippen molar-refractivity contribution in [3.63, 3.8) is 0 Å². The smallest absolute Gasteiger partial charge is 0.138 e. The van der Waals surface area contributed by atoms with Crippen LogP contribution in [0.25, 0.3) is 100 Å². The van der Waals surface area contributed by atoms with Crippen LogP contribution in [0.2, 0.25) is 0 Å². The summed E-state index contributed by atoms with van der Waals surface area (Å²) in [4.78, 5) is 28.4. The second kappa shape index (κ2) is 12.9. The number of nitrogens with zero attached hydrogens (tertiary/aromatic N) is 8. The van der Waals surface area contributed by atoms with Crippen LogP contribution in [0.5, 0.6) is 0 Å². The van der Waals surface area contributed by atoms with E-state index in [0.29, 0.717) is 0 Å². The molecule has 0 aliphatic carbocycles. The molecular formula is C48H30N8. The van der Waals surface area contributed by atoms with Crippen molar-refractivity contribution in [2.45, 2.75) is 0 Å². The molecule has 8 heterocycles. The van der Waals surface area contributed by atoms with Gasteiger partial charge in [-0.15, -0.1) is 0 Å². The van der Waals surface area contributed by atoms with E-state index in [4.69, 9.17) is 9.97 Å². The number of hydrogen-bond acceptors (Lipinski definition) is 6. The number of pyridine rings is 6. The lowest BCUT2D eigenvalue weighted by atomic mass is 10.0. The Hall–Kier alpha value is -7.84. The van der Waals surface area contributed by atoms with E-state index < -0.39 is 0 Å². The van der Waals surface area contributed by atoms with Gasteiger partial charge in [-0.05, 0) is 71.8 Å². The monoisotopic (exact) mass is 718 g/mol. The third kappa shape index (κ3) is 5.23. The summed E-state index contributed by atoms with van der Waals surface area (Å²) in [6.45, 7) is 0. The first-order chi connectivity index (χ1) is 27.8. The highest BCUT2D eigenvalue weighted by Crippen LogP contribution is 2.36. The van der Waals surface area contributed by atoms with Crippen LogP contribution in [0.15, 0.2) is 183 Å². The highest BCUT2D eigenvalue weighted by Gasteiger charge is 2.18. The van der Waals surface area contributed by atoms with Crippen molar-refractivity contribution in [3.8, 4) is 56.4 Å². The van der Waals surface area contributed by atoms with Crippen LogP contribution < -0.4 is 0 Å². The fraction of sp³-hybridized carbons (Fsp3) is 0. The van der Waals surface area contributed by atoms with Crippen LogP contribution in [0.3, 0.4) is 0 Å². The quantitative estimate of drug-likeness (QED) is 0.170. The molecule has 3 aromatic carbocycles. The second-order valence-corrected chi connectivity index (χ2v) is 13.8. The molecule has 0 unspecified atom stereocenters. The maximum atomic E-state index is 5.32. The summed E-state index contributed by atoms with van der Waals surface area (Å²) in [5.41, 5.74) is 12.0. The molecule has 0 fully saturated rings. The van der Waals surface area contributed by atoms with E-state index in [1.165, 1.54) is 0 Å². The van der Waals surface area contributed by atoms with Crippen LogP contribution in [0.4, 0.5) is 0 Å². The highest BCUT2D eigenvalue weighted by molar-refractivity contribution is 6.09. The van der Waals surface area contributed by atoms with Crippen molar-refractivity contribution in [2.24, 2.45) is 0 Å². The fourth-order valence-corrected chi connectivity index (χ4v) is 7.89. The molecule has 0 atom stereocenters. The Bertz CT molecular complexity index is 2920. The average Bonchev–Trinajstić information content (AvgIpc) is 3.80. The van der Waals surface area contributed by atoms with Gasteiger partial charge in [0.05, 0.1) is 33.5 Å². The van der Waals surface area contributed by atoms with Gasteiger partial charge in [-0.2, -0.15) is 0 Å². The van der Waals surface area contributed by atoms with Gasteiger partial charge in [0.2, 0.25) is 0 Å². The molecule has 0 bridgehead atoms. The van der Waals surface area contributed by atoms with Crippen LogP contribution in [-0.4, -0.2) is 39.0 Å². The Labute approximate surface area is 321 Å². The molecule has 0 aliphatic heterocycles. The average molecular weight is 719 g/mol. The summed E-state index contributed by atoms with van der Waals surface area (Å²) in [7, 11) is 0. The highest BCUT2D eigenvalue weighted by atomic mass is 15.1. The molecule has 11 aromatic rings. The molecule has 0 N–H and O–H groups in total. The van der Waals surface area contributed by atoms with Crippen molar-refractivity contribution in [3.05, 3.63) is 183 Å². The Morgan fingerprint density at radius 1 is 0.304 bits per heavy atom. The topological polar surface area (TPSA) is 87.2 Å². The molecule has 8 aromatic heterocycles. The fourth-order valence-electron chi connectivity index (χ4n) is 7.89. The lowest BCUT2D eigenvalue weighted by molar-refractivity contribution is 1.08. The Morgan fingerprint density at radius 2 is 0.732 bits per heavy atom. The zero-order valence-corrected chi connectivity index (χ0v) is 29.9. The maximum Gasteiger partial charge on any atom is 0.138 e. The molecule has 56 heavy (non-hydrogen) atoms. The summed E-state index contributed by atoms with van der Waals surface area (Å²) in [6.07, 6.45) is 14.9. The van der Waals surface area contributed by atoms with Crippen molar-refractivity contribution in [2.75, 3.05) is 0 Å². The number of benzene rings is 3. The van der Waals surface area contributed by atoms with Crippen LogP contribution in [0, 0.1) is 0 Å². The van der Waals surface area contributed by atoms with E-state index in [0.717, 1.165) is 100 Å².